The minimum Gasteiger partial charge on any atom is -0.478 e. The summed E-state index contributed by atoms with van der Waals surface area (Å²) in [5.74, 6) is 0.545. The Kier molecular flexibility index (Phi) is 7.05. The van der Waals surface area contributed by atoms with Gasteiger partial charge in [0.2, 0.25) is 5.91 Å². The predicted molar refractivity (Wildman–Crippen MR) is 100 cm³/mol. The van der Waals surface area contributed by atoms with Crippen LogP contribution in [-0.2, 0) is 14.9 Å². The summed E-state index contributed by atoms with van der Waals surface area (Å²) in [7, 11) is 3.90. The van der Waals surface area contributed by atoms with Crippen molar-refractivity contribution in [1.82, 2.24) is 14.7 Å². The predicted octanol–water partition coefficient (Wildman–Crippen LogP) is 1.27. The van der Waals surface area contributed by atoms with Crippen LogP contribution in [0.1, 0.15) is 33.4 Å². The molecule has 0 aliphatic carbocycles. The summed E-state index contributed by atoms with van der Waals surface area (Å²) in [6.45, 7) is 8.75. The third-order valence-corrected chi connectivity index (χ3v) is 3.29. The quantitative estimate of drug-likeness (QED) is 0.504. The highest BCUT2D eigenvalue weighted by atomic mass is 16.5. The second-order valence-corrected chi connectivity index (χ2v) is 7.05. The molecule has 1 heterocycles. The fourth-order valence-corrected chi connectivity index (χ4v) is 1.93. The smallest absolute Gasteiger partial charge is 0.222 e. The second kappa shape index (κ2) is 8.57. The summed E-state index contributed by atoms with van der Waals surface area (Å²) in [6, 6.07) is 1.82. The highest BCUT2D eigenvalue weighted by Gasteiger charge is 2.21. The molecule has 8 heteroatoms. The SMILES string of the molecule is CC(=O)Nc1cc(C(C)(C)C)nn1C(/C=C(\N)OCCN(C)C)=C/N. The van der Waals surface area contributed by atoms with Crippen molar-refractivity contribution in [1.29, 1.82) is 0 Å². The van der Waals surface area contributed by atoms with Crippen molar-refractivity contribution in [2.24, 2.45) is 11.5 Å². The Hall–Kier alpha value is -2.48. The third kappa shape index (κ3) is 6.50. The standard InChI is InChI=1S/C17H30N6O2/c1-12(24)20-16-10-14(17(2,3)4)21-23(16)13(11-18)9-15(19)25-8-7-22(5)6/h9-11H,7-8,18-19H2,1-6H3,(H,20,24)/b13-11+,15-9+. The summed E-state index contributed by atoms with van der Waals surface area (Å²) in [5, 5.41) is 7.32. The van der Waals surface area contributed by atoms with E-state index < -0.39 is 0 Å². The number of carbonyl (C=O) groups excluding carboxylic acids is 1. The molecule has 0 unspecified atom stereocenters. The lowest BCUT2D eigenvalue weighted by atomic mass is 9.92. The summed E-state index contributed by atoms with van der Waals surface area (Å²) in [6.07, 6.45) is 2.95. The fourth-order valence-electron chi connectivity index (χ4n) is 1.93. The number of amides is 1. The molecular formula is C17H30N6O2. The number of nitrogens with two attached hydrogens (primary N) is 2. The molecule has 0 radical (unpaired) electrons. The molecule has 0 bridgehead atoms. The van der Waals surface area contributed by atoms with Crippen LogP contribution in [-0.4, -0.2) is 47.8 Å². The Morgan fingerprint density at radius 1 is 1.44 bits per heavy atom. The lowest BCUT2D eigenvalue weighted by Crippen LogP contribution is -2.19. The Balaban J connectivity index is 3.12. The van der Waals surface area contributed by atoms with E-state index in [1.54, 1.807) is 10.8 Å². The van der Waals surface area contributed by atoms with Gasteiger partial charge in [-0.3, -0.25) is 4.79 Å². The largest absolute Gasteiger partial charge is 0.478 e. The molecule has 1 amide bonds. The Morgan fingerprint density at radius 2 is 2.08 bits per heavy atom. The van der Waals surface area contributed by atoms with E-state index in [2.05, 4.69) is 10.4 Å². The van der Waals surface area contributed by atoms with Crippen LogP contribution in [0.5, 0.6) is 0 Å². The van der Waals surface area contributed by atoms with E-state index in [0.29, 0.717) is 18.1 Å². The number of hydrogen-bond acceptors (Lipinski definition) is 6. The minimum atomic E-state index is -0.197. The molecule has 0 atom stereocenters. The average Bonchev–Trinajstić information content (AvgIpc) is 2.87. The number of allylic oxidation sites excluding steroid dienone is 2. The van der Waals surface area contributed by atoms with Crippen molar-refractivity contribution < 1.29 is 9.53 Å². The maximum Gasteiger partial charge on any atom is 0.222 e. The van der Waals surface area contributed by atoms with Gasteiger partial charge < -0.3 is 26.4 Å². The molecule has 0 fully saturated rings. The van der Waals surface area contributed by atoms with Gasteiger partial charge in [0.15, 0.2) is 5.88 Å². The first-order valence-electron chi connectivity index (χ1n) is 8.09. The van der Waals surface area contributed by atoms with Gasteiger partial charge in [-0.2, -0.15) is 5.10 Å². The van der Waals surface area contributed by atoms with E-state index in [0.717, 1.165) is 12.2 Å². The molecule has 8 nitrogen and oxygen atoms in total. The van der Waals surface area contributed by atoms with Crippen molar-refractivity contribution in [2.75, 3.05) is 32.6 Å². The molecule has 5 N–H and O–H groups in total. The number of nitrogens with zero attached hydrogens (tertiary/aromatic N) is 3. The highest BCUT2D eigenvalue weighted by Crippen LogP contribution is 2.26. The van der Waals surface area contributed by atoms with Crippen LogP contribution in [0.25, 0.3) is 5.70 Å². The highest BCUT2D eigenvalue weighted by molar-refractivity contribution is 5.88. The maximum absolute atomic E-state index is 11.5. The molecular weight excluding hydrogens is 320 g/mol. The molecule has 0 saturated carbocycles. The first kappa shape index (κ1) is 20.6. The average molecular weight is 350 g/mol. The van der Waals surface area contributed by atoms with E-state index in [9.17, 15) is 4.79 Å². The van der Waals surface area contributed by atoms with Gasteiger partial charge in [-0.1, -0.05) is 20.8 Å². The Labute approximate surface area is 149 Å². The molecule has 0 spiro atoms. The fraction of sp³-hybridized carbons (Fsp3) is 0.529. The van der Waals surface area contributed by atoms with E-state index in [-0.39, 0.29) is 17.2 Å². The molecule has 140 valence electrons. The number of rotatable bonds is 7. The normalized spacial score (nSPS) is 13.2. The van der Waals surface area contributed by atoms with Crippen LogP contribution in [0.2, 0.25) is 0 Å². The number of carbonyl (C=O) groups is 1. The van der Waals surface area contributed by atoms with E-state index in [1.165, 1.54) is 13.1 Å². The van der Waals surface area contributed by atoms with Crippen LogP contribution >= 0.6 is 0 Å². The zero-order valence-electron chi connectivity index (χ0n) is 16.0. The van der Waals surface area contributed by atoms with Gasteiger partial charge in [0.25, 0.3) is 0 Å². The molecule has 1 aromatic heterocycles. The van der Waals surface area contributed by atoms with Crippen LogP contribution in [0.15, 0.2) is 24.2 Å². The van der Waals surface area contributed by atoms with Crippen LogP contribution in [0.4, 0.5) is 5.82 Å². The molecule has 25 heavy (non-hydrogen) atoms. The first-order valence-corrected chi connectivity index (χ1v) is 8.09. The molecule has 0 aromatic carbocycles. The number of aromatic nitrogens is 2. The molecule has 0 aliphatic rings. The van der Waals surface area contributed by atoms with Crippen molar-refractivity contribution in [3.63, 3.8) is 0 Å². The number of likely N-dealkylation sites (N-methyl/N-ethyl adjacent to an activating group) is 1. The summed E-state index contributed by atoms with van der Waals surface area (Å²) in [4.78, 5) is 13.5. The zero-order valence-corrected chi connectivity index (χ0v) is 16.0. The van der Waals surface area contributed by atoms with Gasteiger partial charge in [-0.15, -0.1) is 0 Å². The lowest BCUT2D eigenvalue weighted by molar-refractivity contribution is -0.114. The molecule has 0 aliphatic heterocycles. The van der Waals surface area contributed by atoms with E-state index in [1.807, 2.05) is 45.8 Å². The van der Waals surface area contributed by atoms with Crippen LogP contribution < -0.4 is 16.8 Å². The molecule has 0 saturated heterocycles. The van der Waals surface area contributed by atoms with E-state index in [4.69, 9.17) is 16.2 Å². The Morgan fingerprint density at radius 3 is 2.56 bits per heavy atom. The van der Waals surface area contributed by atoms with Gasteiger partial charge in [-0.25, -0.2) is 4.68 Å². The van der Waals surface area contributed by atoms with Gasteiger partial charge in [-0.05, 0) is 14.1 Å². The number of nitrogens with one attached hydrogen (secondary N) is 1. The maximum atomic E-state index is 11.5. The number of anilines is 1. The van der Waals surface area contributed by atoms with Gasteiger partial charge in [0.1, 0.15) is 12.4 Å². The monoisotopic (exact) mass is 350 g/mol. The van der Waals surface area contributed by atoms with Gasteiger partial charge in [0.05, 0.1) is 11.4 Å². The van der Waals surface area contributed by atoms with Gasteiger partial charge in [0, 0.05) is 37.2 Å². The minimum absolute atomic E-state index is 0.185. The van der Waals surface area contributed by atoms with Crippen LogP contribution in [0, 0.1) is 0 Å². The first-order chi connectivity index (χ1) is 11.5. The topological polar surface area (TPSA) is 111 Å². The lowest BCUT2D eigenvalue weighted by Gasteiger charge is -2.14. The molecule has 1 aromatic rings. The van der Waals surface area contributed by atoms with Crippen LogP contribution in [0.3, 0.4) is 0 Å². The van der Waals surface area contributed by atoms with Crippen molar-refractivity contribution in [3.8, 4) is 0 Å². The van der Waals surface area contributed by atoms with Crippen molar-refractivity contribution in [2.45, 2.75) is 33.1 Å². The Bertz CT molecular complexity index is 653. The number of hydrogen-bond donors (Lipinski definition) is 3. The van der Waals surface area contributed by atoms with Crippen molar-refractivity contribution >= 4 is 17.4 Å². The summed E-state index contributed by atoms with van der Waals surface area (Å²) in [5.41, 5.74) is 12.8. The summed E-state index contributed by atoms with van der Waals surface area (Å²) >= 11 is 0. The van der Waals surface area contributed by atoms with Crippen molar-refractivity contribution in [3.05, 3.63) is 29.9 Å². The van der Waals surface area contributed by atoms with Gasteiger partial charge >= 0.3 is 0 Å². The third-order valence-electron chi connectivity index (χ3n) is 3.29. The summed E-state index contributed by atoms with van der Waals surface area (Å²) < 4.78 is 7.02. The second-order valence-electron chi connectivity index (χ2n) is 7.05. The van der Waals surface area contributed by atoms with E-state index >= 15 is 0 Å². The zero-order chi connectivity index (χ0) is 19.2. The number of ether oxygens (including phenoxy) is 1. The molecule has 1 rings (SSSR count).